The Labute approximate surface area is 227 Å². The van der Waals surface area contributed by atoms with Gasteiger partial charge >= 0.3 is 0 Å². The second kappa shape index (κ2) is 11.1. The van der Waals surface area contributed by atoms with E-state index in [2.05, 4.69) is 6.92 Å². The van der Waals surface area contributed by atoms with Crippen molar-refractivity contribution < 1.29 is 22.7 Å². The molecule has 5 rings (SSSR count). The van der Waals surface area contributed by atoms with Gasteiger partial charge in [0, 0.05) is 43.9 Å². The summed E-state index contributed by atoms with van der Waals surface area (Å²) in [6.07, 6.45) is 1.72. The average Bonchev–Trinajstić information content (AvgIpc) is 3.48. The number of piperidine rings is 1. The van der Waals surface area contributed by atoms with Crippen LogP contribution in [-0.4, -0.2) is 75.6 Å². The fourth-order valence-corrected chi connectivity index (χ4v) is 6.77. The van der Waals surface area contributed by atoms with Crippen molar-refractivity contribution in [2.75, 3.05) is 52.0 Å². The first kappa shape index (κ1) is 27.6. The number of aromatic nitrogens is 1. The standard InChI is InChI=1S/C25H30N4O5S2.ClH/c1-17-8-10-28(11-9-17)36(31,32)19-6-4-18(5-7-19)24(30)29(13-12-27(2)3)25-26-20-14-21-22(34-16-33-21)15-23(20)35-25;/h4-7,14-15,17H,8-13,16H2,1-3H3;1H. The van der Waals surface area contributed by atoms with Crippen LogP contribution in [0.4, 0.5) is 5.13 Å². The SMILES string of the molecule is CC1CCN(S(=O)(=O)c2ccc(C(=O)N(CCN(C)C)c3nc4cc5c(cc4s3)OCO5)cc2)CC1.Cl. The molecule has 1 amide bonds. The molecule has 12 heteroatoms. The molecule has 0 spiro atoms. The molecule has 2 aliphatic rings. The summed E-state index contributed by atoms with van der Waals surface area (Å²) in [6, 6.07) is 9.95. The van der Waals surface area contributed by atoms with Crippen molar-refractivity contribution >= 4 is 55.0 Å². The van der Waals surface area contributed by atoms with E-state index in [0.717, 1.165) is 23.1 Å². The Bertz CT molecular complexity index is 1330. The number of hydrogen-bond donors (Lipinski definition) is 0. The minimum Gasteiger partial charge on any atom is -0.454 e. The topological polar surface area (TPSA) is 92.3 Å². The molecular weight excluding hydrogens is 536 g/mol. The maximum absolute atomic E-state index is 13.6. The number of carbonyl (C=O) groups excluding carboxylic acids is 1. The Balaban J connectivity index is 0.00000320. The van der Waals surface area contributed by atoms with Crippen molar-refractivity contribution in [1.29, 1.82) is 0 Å². The Kier molecular flexibility index (Phi) is 8.29. The highest BCUT2D eigenvalue weighted by Gasteiger charge is 2.29. The molecule has 0 atom stereocenters. The average molecular weight is 567 g/mol. The number of amides is 1. The molecule has 0 saturated carbocycles. The van der Waals surface area contributed by atoms with Crippen LogP contribution in [0.2, 0.25) is 0 Å². The number of hydrogen-bond acceptors (Lipinski definition) is 8. The Morgan fingerprint density at radius 3 is 2.38 bits per heavy atom. The van der Waals surface area contributed by atoms with Crippen LogP contribution in [0, 0.1) is 5.92 Å². The lowest BCUT2D eigenvalue weighted by atomic mass is 10.0. The number of carbonyl (C=O) groups is 1. The van der Waals surface area contributed by atoms with Crippen LogP contribution in [0.5, 0.6) is 11.5 Å². The minimum atomic E-state index is -3.58. The Morgan fingerprint density at radius 1 is 1.08 bits per heavy atom. The molecule has 1 fully saturated rings. The van der Waals surface area contributed by atoms with Gasteiger partial charge in [-0.15, -0.1) is 12.4 Å². The van der Waals surface area contributed by atoms with Crippen LogP contribution in [0.3, 0.4) is 0 Å². The number of benzene rings is 2. The van der Waals surface area contributed by atoms with Gasteiger partial charge in [-0.1, -0.05) is 18.3 Å². The van der Waals surface area contributed by atoms with E-state index in [9.17, 15) is 13.2 Å². The molecule has 200 valence electrons. The molecule has 2 aromatic carbocycles. The summed E-state index contributed by atoms with van der Waals surface area (Å²) in [7, 11) is 0.315. The number of anilines is 1. The largest absolute Gasteiger partial charge is 0.454 e. The van der Waals surface area contributed by atoms with Crippen molar-refractivity contribution in [2.24, 2.45) is 5.92 Å². The molecule has 0 radical (unpaired) electrons. The summed E-state index contributed by atoms with van der Waals surface area (Å²) in [4.78, 5) is 22.2. The maximum Gasteiger partial charge on any atom is 0.260 e. The summed E-state index contributed by atoms with van der Waals surface area (Å²) in [6.45, 7) is 4.47. The fraction of sp³-hybridized carbons (Fsp3) is 0.440. The number of nitrogens with zero attached hydrogens (tertiary/aromatic N) is 4. The number of fused-ring (bicyclic) bond motifs is 2. The van der Waals surface area contributed by atoms with Gasteiger partial charge in [0.05, 0.1) is 15.1 Å². The van der Waals surface area contributed by atoms with E-state index in [-0.39, 0.29) is 30.0 Å². The maximum atomic E-state index is 13.6. The normalized spacial score (nSPS) is 16.2. The van der Waals surface area contributed by atoms with Gasteiger partial charge in [0.25, 0.3) is 5.91 Å². The van der Waals surface area contributed by atoms with Gasteiger partial charge in [-0.05, 0) is 57.1 Å². The van der Waals surface area contributed by atoms with Gasteiger partial charge in [-0.2, -0.15) is 4.31 Å². The third kappa shape index (κ3) is 5.70. The molecule has 3 heterocycles. The summed E-state index contributed by atoms with van der Waals surface area (Å²) in [5.41, 5.74) is 1.15. The number of thiazole rings is 1. The molecule has 1 aromatic heterocycles. The molecule has 1 saturated heterocycles. The third-order valence-corrected chi connectivity index (χ3v) is 9.55. The van der Waals surface area contributed by atoms with Crippen molar-refractivity contribution in [3.05, 3.63) is 42.0 Å². The van der Waals surface area contributed by atoms with E-state index >= 15 is 0 Å². The number of rotatable bonds is 7. The van der Waals surface area contributed by atoms with Gasteiger partial charge in [-0.25, -0.2) is 13.4 Å². The predicted octanol–water partition coefficient (Wildman–Crippen LogP) is 4.08. The summed E-state index contributed by atoms with van der Waals surface area (Å²) >= 11 is 1.41. The lowest BCUT2D eigenvalue weighted by molar-refractivity contribution is 0.0985. The van der Waals surface area contributed by atoms with Crippen LogP contribution < -0.4 is 14.4 Å². The lowest BCUT2D eigenvalue weighted by Gasteiger charge is -2.29. The molecule has 0 aliphatic carbocycles. The fourth-order valence-electron chi connectivity index (χ4n) is 4.31. The zero-order valence-electron chi connectivity index (χ0n) is 21.0. The van der Waals surface area contributed by atoms with E-state index in [1.54, 1.807) is 21.3 Å². The third-order valence-electron chi connectivity index (χ3n) is 6.60. The Morgan fingerprint density at radius 2 is 1.73 bits per heavy atom. The number of ether oxygens (including phenoxy) is 2. The molecule has 3 aromatic rings. The van der Waals surface area contributed by atoms with Crippen LogP contribution in [0.25, 0.3) is 10.2 Å². The summed E-state index contributed by atoms with van der Waals surface area (Å²) in [5.74, 6) is 1.62. The monoisotopic (exact) mass is 566 g/mol. The minimum absolute atomic E-state index is 0. The van der Waals surface area contributed by atoms with Crippen molar-refractivity contribution in [3.63, 3.8) is 0 Å². The first-order valence-corrected chi connectivity index (χ1v) is 14.2. The van der Waals surface area contributed by atoms with Crippen LogP contribution in [0.15, 0.2) is 41.3 Å². The van der Waals surface area contributed by atoms with E-state index < -0.39 is 10.0 Å². The number of likely N-dealkylation sites (N-methyl/N-ethyl adjacent to an activating group) is 1. The molecule has 9 nitrogen and oxygen atoms in total. The highest BCUT2D eigenvalue weighted by molar-refractivity contribution is 7.89. The highest BCUT2D eigenvalue weighted by Crippen LogP contribution is 2.40. The lowest BCUT2D eigenvalue weighted by Crippen LogP contribution is -2.38. The van der Waals surface area contributed by atoms with Gasteiger partial charge < -0.3 is 14.4 Å². The molecule has 0 bridgehead atoms. The number of halogens is 1. The molecular formula is C25H31ClN4O5S2. The van der Waals surface area contributed by atoms with Crippen molar-refractivity contribution in [1.82, 2.24) is 14.2 Å². The van der Waals surface area contributed by atoms with E-state index in [0.29, 0.717) is 54.3 Å². The molecule has 37 heavy (non-hydrogen) atoms. The summed E-state index contributed by atoms with van der Waals surface area (Å²) < 4.78 is 39.6. The van der Waals surface area contributed by atoms with Gasteiger partial charge in [0.2, 0.25) is 16.8 Å². The van der Waals surface area contributed by atoms with Crippen LogP contribution in [-0.2, 0) is 10.0 Å². The highest BCUT2D eigenvalue weighted by atomic mass is 35.5. The van der Waals surface area contributed by atoms with E-state index in [1.165, 1.54) is 23.5 Å². The van der Waals surface area contributed by atoms with Crippen molar-refractivity contribution in [3.8, 4) is 11.5 Å². The quantitative estimate of drug-likeness (QED) is 0.425. The first-order valence-electron chi connectivity index (χ1n) is 12.0. The number of sulfonamides is 1. The zero-order chi connectivity index (χ0) is 25.4. The predicted molar refractivity (Wildman–Crippen MR) is 147 cm³/mol. The molecule has 0 N–H and O–H groups in total. The van der Waals surface area contributed by atoms with Crippen LogP contribution in [0.1, 0.15) is 30.1 Å². The Hall–Kier alpha value is -2.44. The smallest absolute Gasteiger partial charge is 0.260 e. The first-order chi connectivity index (χ1) is 17.2. The second-order valence-corrected chi connectivity index (χ2v) is 12.5. The summed E-state index contributed by atoms with van der Waals surface area (Å²) in [5, 5.41) is 0.569. The van der Waals surface area contributed by atoms with Gasteiger partial charge in [-0.3, -0.25) is 9.69 Å². The van der Waals surface area contributed by atoms with Crippen molar-refractivity contribution in [2.45, 2.75) is 24.7 Å². The van der Waals surface area contributed by atoms with Gasteiger partial charge in [0.15, 0.2) is 16.6 Å². The van der Waals surface area contributed by atoms with Crippen LogP contribution >= 0.6 is 23.7 Å². The van der Waals surface area contributed by atoms with Gasteiger partial charge in [0.1, 0.15) is 0 Å². The molecule has 0 unspecified atom stereocenters. The van der Waals surface area contributed by atoms with E-state index in [4.69, 9.17) is 14.5 Å². The molecule has 2 aliphatic heterocycles. The second-order valence-electron chi connectivity index (χ2n) is 9.54. The zero-order valence-corrected chi connectivity index (χ0v) is 23.5. The van der Waals surface area contributed by atoms with E-state index in [1.807, 2.05) is 31.1 Å².